The molecule has 0 aliphatic carbocycles. The van der Waals surface area contributed by atoms with Crippen LogP contribution < -0.4 is 0 Å². The lowest BCUT2D eigenvalue weighted by molar-refractivity contribution is -0.167. The van der Waals surface area contributed by atoms with E-state index in [0.717, 1.165) is 57.8 Å². The van der Waals surface area contributed by atoms with Gasteiger partial charge in [0.25, 0.3) is 0 Å². The van der Waals surface area contributed by atoms with Crippen molar-refractivity contribution < 1.29 is 28.6 Å². The summed E-state index contributed by atoms with van der Waals surface area (Å²) < 4.78 is 17.1. The second-order valence-corrected chi connectivity index (χ2v) is 26.6. The van der Waals surface area contributed by atoms with Crippen LogP contribution in [-0.2, 0) is 28.6 Å². The van der Waals surface area contributed by atoms with Crippen molar-refractivity contribution >= 4 is 17.9 Å². The molecule has 0 rings (SSSR count). The summed E-state index contributed by atoms with van der Waals surface area (Å²) in [6.07, 6.45) is 87.2. The van der Waals surface area contributed by atoms with Crippen LogP contribution in [0.5, 0.6) is 0 Å². The molecular weight excluding hydrogens is 1020 g/mol. The van der Waals surface area contributed by atoms with E-state index >= 15 is 0 Å². The van der Waals surface area contributed by atoms with Gasteiger partial charge >= 0.3 is 17.9 Å². The first-order valence-electron chi connectivity index (χ1n) is 38.5. The van der Waals surface area contributed by atoms with E-state index in [4.69, 9.17) is 14.2 Å². The van der Waals surface area contributed by atoms with Crippen LogP contribution in [0.15, 0.2) is 0 Å². The molecule has 0 radical (unpaired) electrons. The first-order valence-corrected chi connectivity index (χ1v) is 38.5. The van der Waals surface area contributed by atoms with Crippen LogP contribution in [0.25, 0.3) is 0 Å². The molecule has 0 saturated heterocycles. The Morgan fingerprint density at radius 2 is 0.325 bits per heavy atom. The molecule has 0 N–H and O–H groups in total. The SMILES string of the molecule is CCCCCCCCCCCCCCCCCCCCCCCCCC(=O)OCC(COC(=O)CCCCCCCCCCCCCCCCCCCCC)OC(=O)CCCCCCCCCCCCCCCCCCCCCCCCC. The maximum atomic E-state index is 13.0. The molecule has 0 amide bonds. The van der Waals surface area contributed by atoms with E-state index in [1.165, 1.54) is 360 Å². The van der Waals surface area contributed by atoms with Crippen molar-refractivity contribution in [3.8, 4) is 0 Å². The van der Waals surface area contributed by atoms with Gasteiger partial charge in [-0.1, -0.05) is 419 Å². The van der Waals surface area contributed by atoms with Crippen molar-refractivity contribution in [1.82, 2.24) is 0 Å². The number of carbonyl (C=O) groups is 3. The number of ether oxygens (including phenoxy) is 3. The molecule has 0 aromatic carbocycles. The van der Waals surface area contributed by atoms with Gasteiger partial charge in [-0.05, 0) is 19.3 Å². The lowest BCUT2D eigenvalue weighted by atomic mass is 10.0. The predicted molar refractivity (Wildman–Crippen MR) is 363 cm³/mol. The highest BCUT2D eigenvalue weighted by Gasteiger charge is 2.20. The van der Waals surface area contributed by atoms with Crippen LogP contribution in [0.3, 0.4) is 0 Å². The summed E-state index contributed by atoms with van der Waals surface area (Å²) in [5.74, 6) is -0.812. The van der Waals surface area contributed by atoms with Crippen LogP contribution >= 0.6 is 0 Å². The fourth-order valence-corrected chi connectivity index (χ4v) is 12.3. The van der Waals surface area contributed by atoms with Gasteiger partial charge in [-0.15, -0.1) is 0 Å². The topological polar surface area (TPSA) is 78.9 Å². The molecule has 0 aliphatic heterocycles. The summed E-state index contributed by atoms with van der Waals surface area (Å²) in [6, 6.07) is 0. The van der Waals surface area contributed by atoms with Crippen molar-refractivity contribution in [3.63, 3.8) is 0 Å². The number of hydrogen-bond donors (Lipinski definition) is 0. The van der Waals surface area contributed by atoms with E-state index in [1.54, 1.807) is 0 Å². The normalized spacial score (nSPS) is 11.9. The molecule has 0 saturated carbocycles. The number of carbonyl (C=O) groups excluding carboxylic acids is 3. The standard InChI is InChI=1S/C77H150O6/c1-4-7-10-13-16-19-22-25-28-31-34-36-38-40-43-46-49-52-55-58-61-64-67-70-76(79)82-73-74(72-81-75(78)69-66-63-60-57-54-51-48-45-42-33-30-27-24-21-18-15-12-9-6-3)83-77(80)71-68-65-62-59-56-53-50-47-44-41-39-37-35-32-29-26-23-20-17-14-11-8-5-2/h74H,4-73H2,1-3H3. The zero-order chi connectivity index (χ0) is 59.9. The zero-order valence-electron chi connectivity index (χ0n) is 57.0. The maximum absolute atomic E-state index is 13.0. The Balaban J connectivity index is 4.25. The highest BCUT2D eigenvalue weighted by atomic mass is 16.6. The summed E-state index contributed by atoms with van der Waals surface area (Å²) in [5.41, 5.74) is 0. The molecular formula is C77H150O6. The van der Waals surface area contributed by atoms with E-state index in [1.807, 2.05) is 0 Å². The van der Waals surface area contributed by atoms with Gasteiger partial charge in [-0.25, -0.2) is 0 Å². The third kappa shape index (κ3) is 71.1. The molecule has 0 heterocycles. The molecule has 494 valence electrons. The highest BCUT2D eigenvalue weighted by Crippen LogP contribution is 2.20. The van der Waals surface area contributed by atoms with E-state index in [-0.39, 0.29) is 31.1 Å². The Kier molecular flexibility index (Phi) is 71.5. The van der Waals surface area contributed by atoms with E-state index in [0.29, 0.717) is 19.3 Å². The van der Waals surface area contributed by atoms with Crippen molar-refractivity contribution in [2.24, 2.45) is 0 Å². The summed E-state index contributed by atoms with van der Waals surface area (Å²) in [7, 11) is 0. The Bertz CT molecular complexity index is 1250. The number of rotatable bonds is 73. The monoisotopic (exact) mass is 1170 g/mol. The third-order valence-electron chi connectivity index (χ3n) is 18.1. The fourth-order valence-electron chi connectivity index (χ4n) is 12.3. The van der Waals surface area contributed by atoms with Gasteiger partial charge in [0.1, 0.15) is 13.2 Å². The van der Waals surface area contributed by atoms with Gasteiger partial charge in [-0.3, -0.25) is 14.4 Å². The molecule has 1 unspecified atom stereocenters. The molecule has 6 heteroatoms. The maximum Gasteiger partial charge on any atom is 0.306 e. The van der Waals surface area contributed by atoms with Gasteiger partial charge in [0.15, 0.2) is 6.10 Å². The molecule has 0 aliphatic rings. The van der Waals surface area contributed by atoms with Gasteiger partial charge in [0, 0.05) is 19.3 Å². The van der Waals surface area contributed by atoms with Crippen LogP contribution in [0.4, 0.5) is 0 Å². The molecule has 0 bridgehead atoms. The van der Waals surface area contributed by atoms with Crippen molar-refractivity contribution in [3.05, 3.63) is 0 Å². The van der Waals surface area contributed by atoms with Crippen molar-refractivity contribution in [2.75, 3.05) is 13.2 Å². The predicted octanol–water partition coefficient (Wildman–Crippen LogP) is 26.6. The Morgan fingerprint density at radius 3 is 0.482 bits per heavy atom. The van der Waals surface area contributed by atoms with Crippen molar-refractivity contribution in [2.45, 2.75) is 463 Å². The van der Waals surface area contributed by atoms with Crippen LogP contribution in [0.1, 0.15) is 457 Å². The molecule has 1 atom stereocenters. The minimum absolute atomic E-state index is 0.0597. The lowest BCUT2D eigenvalue weighted by Gasteiger charge is -2.18. The van der Waals surface area contributed by atoms with E-state index < -0.39 is 6.10 Å². The van der Waals surface area contributed by atoms with Crippen LogP contribution in [0.2, 0.25) is 0 Å². The minimum atomic E-state index is -0.764. The van der Waals surface area contributed by atoms with E-state index in [9.17, 15) is 14.4 Å². The van der Waals surface area contributed by atoms with Gasteiger partial charge in [0.05, 0.1) is 0 Å². The Labute approximate surface area is 520 Å². The molecule has 0 fully saturated rings. The number of unbranched alkanes of at least 4 members (excludes halogenated alkanes) is 62. The second-order valence-electron chi connectivity index (χ2n) is 26.6. The van der Waals surface area contributed by atoms with Gasteiger partial charge in [0.2, 0.25) is 0 Å². The van der Waals surface area contributed by atoms with Gasteiger partial charge in [-0.2, -0.15) is 0 Å². The lowest BCUT2D eigenvalue weighted by Crippen LogP contribution is -2.30. The molecule has 0 aromatic rings. The second kappa shape index (κ2) is 72.9. The summed E-state index contributed by atoms with van der Waals surface area (Å²) in [4.78, 5) is 38.6. The third-order valence-corrected chi connectivity index (χ3v) is 18.1. The summed E-state index contributed by atoms with van der Waals surface area (Å²) in [5, 5.41) is 0. The van der Waals surface area contributed by atoms with Crippen LogP contribution in [-0.4, -0.2) is 37.2 Å². The van der Waals surface area contributed by atoms with Gasteiger partial charge < -0.3 is 14.2 Å². The smallest absolute Gasteiger partial charge is 0.306 e. The first kappa shape index (κ1) is 81.4. The van der Waals surface area contributed by atoms with Crippen molar-refractivity contribution in [1.29, 1.82) is 0 Å². The molecule has 0 aromatic heterocycles. The Hall–Kier alpha value is -1.59. The average molecular weight is 1170 g/mol. The number of esters is 3. The zero-order valence-corrected chi connectivity index (χ0v) is 57.0. The fraction of sp³-hybridized carbons (Fsp3) is 0.961. The largest absolute Gasteiger partial charge is 0.462 e. The molecule has 6 nitrogen and oxygen atoms in total. The average Bonchev–Trinajstić information content (AvgIpc) is 3.49. The number of hydrogen-bond acceptors (Lipinski definition) is 6. The molecule has 83 heavy (non-hydrogen) atoms. The molecule has 0 spiro atoms. The minimum Gasteiger partial charge on any atom is -0.462 e. The Morgan fingerprint density at radius 1 is 0.193 bits per heavy atom. The van der Waals surface area contributed by atoms with E-state index in [2.05, 4.69) is 20.8 Å². The van der Waals surface area contributed by atoms with Crippen LogP contribution in [0, 0.1) is 0 Å². The highest BCUT2D eigenvalue weighted by molar-refractivity contribution is 5.71. The summed E-state index contributed by atoms with van der Waals surface area (Å²) in [6.45, 7) is 6.77. The quantitative estimate of drug-likeness (QED) is 0.0343. The first-order chi connectivity index (χ1) is 41.0. The summed E-state index contributed by atoms with van der Waals surface area (Å²) >= 11 is 0.